The number of amides is 1. The Kier molecular flexibility index (Phi) is 3.74. The van der Waals surface area contributed by atoms with Crippen LogP contribution in [0.4, 0.5) is 10.1 Å². The van der Waals surface area contributed by atoms with Crippen LogP contribution in [0.2, 0.25) is 0 Å². The highest BCUT2D eigenvalue weighted by atomic mass is 19.1. The van der Waals surface area contributed by atoms with Crippen LogP contribution in [0, 0.1) is 12.7 Å². The minimum Gasteiger partial charge on any atom is -0.326 e. The van der Waals surface area contributed by atoms with Crippen molar-refractivity contribution in [3.63, 3.8) is 0 Å². The van der Waals surface area contributed by atoms with Crippen molar-refractivity contribution in [1.29, 1.82) is 0 Å². The lowest BCUT2D eigenvalue weighted by Crippen LogP contribution is -2.20. The van der Waals surface area contributed by atoms with Crippen LogP contribution >= 0.6 is 0 Å². The monoisotopic (exact) mass is 265 g/mol. The van der Waals surface area contributed by atoms with Gasteiger partial charge in [-0.05, 0) is 25.1 Å². The third-order valence-corrected chi connectivity index (χ3v) is 2.54. The van der Waals surface area contributed by atoms with Crippen molar-refractivity contribution in [3.8, 4) is 0 Å². The molecule has 0 unspecified atom stereocenters. The smallest absolute Gasteiger partial charge is 0.326 e. The third kappa shape index (κ3) is 3.27. The molecule has 0 radical (unpaired) electrons. The summed E-state index contributed by atoms with van der Waals surface area (Å²) in [5, 5.41) is 6.02. The lowest BCUT2D eigenvalue weighted by atomic mass is 10.3. The van der Waals surface area contributed by atoms with Crippen molar-refractivity contribution in [2.75, 3.05) is 5.32 Å². The number of nitrogens with zero attached hydrogens (tertiary/aromatic N) is 2. The van der Waals surface area contributed by atoms with E-state index in [0.29, 0.717) is 11.5 Å². The number of anilines is 1. The third-order valence-electron chi connectivity index (χ3n) is 2.54. The predicted molar refractivity (Wildman–Crippen MR) is 65.1 cm³/mol. The van der Waals surface area contributed by atoms with Gasteiger partial charge in [0.15, 0.2) is 5.82 Å². The number of halogens is 1. The molecule has 7 heteroatoms. The van der Waals surface area contributed by atoms with E-state index in [2.05, 4.69) is 15.0 Å². The lowest BCUT2D eigenvalue weighted by molar-refractivity contribution is -0.116. The molecule has 0 saturated heterocycles. The first kappa shape index (κ1) is 13.0. The summed E-state index contributed by atoms with van der Waals surface area (Å²) in [5.74, 6) is -0.943. The summed E-state index contributed by atoms with van der Waals surface area (Å²) in [7, 11) is 0. The molecule has 0 spiro atoms. The molecule has 0 aliphatic heterocycles. The molecule has 1 N–H and O–H groups in total. The summed E-state index contributed by atoms with van der Waals surface area (Å²) in [4.78, 5) is 22.8. The van der Waals surface area contributed by atoms with Crippen molar-refractivity contribution in [2.24, 2.45) is 0 Å². The Balaban J connectivity index is 1.94. The quantitative estimate of drug-likeness (QED) is 0.904. The highest BCUT2D eigenvalue weighted by Crippen LogP contribution is 2.09. The van der Waals surface area contributed by atoms with Crippen LogP contribution in [-0.4, -0.2) is 15.6 Å². The molecule has 1 aromatic carbocycles. The minimum absolute atomic E-state index is 0.0679. The first-order valence-electron chi connectivity index (χ1n) is 5.65. The predicted octanol–water partition coefficient (Wildman–Crippen LogP) is 1.31. The second kappa shape index (κ2) is 5.47. The zero-order valence-corrected chi connectivity index (χ0v) is 10.2. The van der Waals surface area contributed by atoms with E-state index in [1.807, 2.05) is 0 Å². The molecule has 1 aromatic heterocycles. The van der Waals surface area contributed by atoms with Gasteiger partial charge >= 0.3 is 5.76 Å². The van der Waals surface area contributed by atoms with Gasteiger partial charge in [0.25, 0.3) is 0 Å². The SMILES string of the molecule is Cc1noc(=O)n1CCC(=O)Nc1cccc(F)c1. The van der Waals surface area contributed by atoms with Crippen LogP contribution in [0.15, 0.2) is 33.6 Å². The average molecular weight is 265 g/mol. The molecular formula is C12H12FN3O3. The molecule has 2 rings (SSSR count). The Hall–Kier alpha value is -2.44. The number of hydrogen-bond acceptors (Lipinski definition) is 4. The van der Waals surface area contributed by atoms with E-state index < -0.39 is 11.6 Å². The second-order valence-electron chi connectivity index (χ2n) is 3.96. The number of nitrogens with one attached hydrogen (secondary N) is 1. The van der Waals surface area contributed by atoms with E-state index >= 15 is 0 Å². The topological polar surface area (TPSA) is 77.1 Å². The van der Waals surface area contributed by atoms with Crippen LogP contribution < -0.4 is 11.1 Å². The molecule has 0 fully saturated rings. The summed E-state index contributed by atoms with van der Waals surface area (Å²) in [6, 6.07) is 5.59. The van der Waals surface area contributed by atoms with E-state index in [1.54, 1.807) is 13.0 Å². The largest absolute Gasteiger partial charge is 0.441 e. The van der Waals surface area contributed by atoms with Gasteiger partial charge in [-0.15, -0.1) is 0 Å². The normalized spacial score (nSPS) is 10.4. The Morgan fingerprint density at radius 2 is 2.32 bits per heavy atom. The molecule has 0 aliphatic rings. The van der Waals surface area contributed by atoms with Crippen LogP contribution in [0.25, 0.3) is 0 Å². The summed E-state index contributed by atoms with van der Waals surface area (Å²) in [6.45, 7) is 1.77. The zero-order chi connectivity index (χ0) is 13.8. The lowest BCUT2D eigenvalue weighted by Gasteiger charge is -2.05. The molecule has 2 aromatic rings. The maximum atomic E-state index is 12.9. The maximum absolute atomic E-state index is 12.9. The van der Waals surface area contributed by atoms with E-state index in [0.717, 1.165) is 0 Å². The number of carbonyl (C=O) groups excluding carboxylic acids is 1. The van der Waals surface area contributed by atoms with Gasteiger partial charge in [0.05, 0.1) is 0 Å². The molecule has 6 nitrogen and oxygen atoms in total. The molecule has 1 amide bonds. The molecule has 0 saturated carbocycles. The molecule has 0 bridgehead atoms. The van der Waals surface area contributed by atoms with E-state index in [4.69, 9.17) is 0 Å². The van der Waals surface area contributed by atoms with Gasteiger partial charge in [-0.3, -0.25) is 13.9 Å². The van der Waals surface area contributed by atoms with E-state index in [1.165, 1.54) is 22.8 Å². The van der Waals surface area contributed by atoms with Gasteiger partial charge in [0, 0.05) is 18.7 Å². The summed E-state index contributed by atoms with van der Waals surface area (Å²) < 4.78 is 18.6. The van der Waals surface area contributed by atoms with Gasteiger partial charge < -0.3 is 5.32 Å². The summed E-state index contributed by atoms with van der Waals surface area (Å²) >= 11 is 0. The van der Waals surface area contributed by atoms with Crippen LogP contribution in [0.1, 0.15) is 12.2 Å². The van der Waals surface area contributed by atoms with Crippen molar-refractivity contribution in [3.05, 3.63) is 46.5 Å². The fraction of sp³-hybridized carbons (Fsp3) is 0.250. The fourth-order valence-electron chi connectivity index (χ4n) is 1.59. The zero-order valence-electron chi connectivity index (χ0n) is 10.2. The van der Waals surface area contributed by atoms with Gasteiger partial charge in [0.2, 0.25) is 5.91 Å². The minimum atomic E-state index is -0.601. The average Bonchev–Trinajstić information content (AvgIpc) is 2.67. The number of aromatic nitrogens is 2. The number of hydrogen-bond donors (Lipinski definition) is 1. The van der Waals surface area contributed by atoms with Gasteiger partial charge in [-0.25, -0.2) is 9.18 Å². The first-order valence-corrected chi connectivity index (χ1v) is 5.65. The van der Waals surface area contributed by atoms with Crippen molar-refractivity contribution in [2.45, 2.75) is 19.9 Å². The number of rotatable bonds is 4. The number of carbonyl (C=O) groups is 1. The molecule has 1 heterocycles. The fourth-order valence-corrected chi connectivity index (χ4v) is 1.59. The molecule has 100 valence electrons. The van der Waals surface area contributed by atoms with Crippen molar-refractivity contribution >= 4 is 11.6 Å². The maximum Gasteiger partial charge on any atom is 0.441 e. The van der Waals surface area contributed by atoms with Crippen molar-refractivity contribution < 1.29 is 13.7 Å². The van der Waals surface area contributed by atoms with Crippen LogP contribution in [-0.2, 0) is 11.3 Å². The van der Waals surface area contributed by atoms with Gasteiger partial charge in [-0.1, -0.05) is 11.2 Å². The Bertz CT molecular complexity index is 648. The highest BCUT2D eigenvalue weighted by molar-refractivity contribution is 5.90. The highest BCUT2D eigenvalue weighted by Gasteiger charge is 2.09. The first-order chi connectivity index (χ1) is 9.06. The Morgan fingerprint density at radius 3 is 2.95 bits per heavy atom. The standard InChI is InChI=1S/C12H12FN3O3/c1-8-15-19-12(18)16(8)6-5-11(17)14-10-4-2-3-9(13)7-10/h2-4,7H,5-6H2,1H3,(H,14,17). The second-order valence-corrected chi connectivity index (χ2v) is 3.96. The van der Waals surface area contributed by atoms with Gasteiger partial charge in [-0.2, -0.15) is 0 Å². The number of aryl methyl sites for hydroxylation is 1. The summed E-state index contributed by atoms with van der Waals surface area (Å²) in [6.07, 6.45) is 0.0679. The van der Waals surface area contributed by atoms with Crippen LogP contribution in [0.3, 0.4) is 0 Å². The molecule has 0 aliphatic carbocycles. The Morgan fingerprint density at radius 1 is 1.53 bits per heavy atom. The Labute approximate surface area is 107 Å². The summed E-state index contributed by atoms with van der Waals surface area (Å²) in [5.41, 5.74) is 0.374. The number of benzene rings is 1. The van der Waals surface area contributed by atoms with E-state index in [-0.39, 0.29) is 18.9 Å². The van der Waals surface area contributed by atoms with Gasteiger partial charge in [0.1, 0.15) is 5.82 Å². The molecule has 19 heavy (non-hydrogen) atoms. The molecule has 0 atom stereocenters. The van der Waals surface area contributed by atoms with Crippen LogP contribution in [0.5, 0.6) is 0 Å². The molecular weight excluding hydrogens is 253 g/mol. The van der Waals surface area contributed by atoms with Crippen molar-refractivity contribution in [1.82, 2.24) is 9.72 Å². The van der Waals surface area contributed by atoms with E-state index in [9.17, 15) is 14.0 Å².